The quantitative estimate of drug-likeness (QED) is 0.546. The third kappa shape index (κ3) is 5.53. The second-order valence-corrected chi connectivity index (χ2v) is 8.94. The van der Waals surface area contributed by atoms with Crippen molar-refractivity contribution in [1.82, 2.24) is 19.4 Å². The lowest BCUT2D eigenvalue weighted by Gasteiger charge is -2.34. The van der Waals surface area contributed by atoms with E-state index >= 15 is 0 Å². The van der Waals surface area contributed by atoms with E-state index < -0.39 is 0 Å². The fourth-order valence-electron chi connectivity index (χ4n) is 4.29. The van der Waals surface area contributed by atoms with Crippen molar-refractivity contribution in [3.63, 3.8) is 0 Å². The van der Waals surface area contributed by atoms with Gasteiger partial charge in [-0.15, -0.1) is 11.3 Å². The fraction of sp³-hybridized carbons (Fsp3) is 0.435. The van der Waals surface area contributed by atoms with Crippen LogP contribution in [0.1, 0.15) is 24.1 Å². The molecular formula is C23H29FN4S. The molecule has 1 fully saturated rings. The van der Waals surface area contributed by atoms with E-state index in [-0.39, 0.29) is 5.82 Å². The van der Waals surface area contributed by atoms with Crippen LogP contribution in [-0.2, 0) is 13.0 Å². The summed E-state index contributed by atoms with van der Waals surface area (Å²) in [6.45, 7) is 5.42. The van der Waals surface area contributed by atoms with Gasteiger partial charge < -0.3 is 9.80 Å². The van der Waals surface area contributed by atoms with Crippen LogP contribution in [0.4, 0.5) is 4.39 Å². The molecule has 0 unspecified atom stereocenters. The van der Waals surface area contributed by atoms with Crippen molar-refractivity contribution in [3.05, 3.63) is 71.2 Å². The summed E-state index contributed by atoms with van der Waals surface area (Å²) in [5.74, 6) is 0.543. The van der Waals surface area contributed by atoms with E-state index in [9.17, 15) is 4.39 Å². The Morgan fingerprint density at radius 1 is 1.24 bits per heavy atom. The van der Waals surface area contributed by atoms with Gasteiger partial charge in [0, 0.05) is 49.6 Å². The summed E-state index contributed by atoms with van der Waals surface area (Å²) in [5, 5.41) is 3.05. The fourth-order valence-corrected chi connectivity index (χ4v) is 4.95. The molecule has 1 aliphatic rings. The van der Waals surface area contributed by atoms with Crippen LogP contribution >= 0.6 is 11.3 Å². The van der Waals surface area contributed by atoms with Gasteiger partial charge in [-0.2, -0.15) is 0 Å². The van der Waals surface area contributed by atoms with Gasteiger partial charge in [0.15, 0.2) is 5.13 Å². The number of nitrogens with zero attached hydrogens (tertiary/aromatic N) is 4. The minimum atomic E-state index is -0.157. The molecule has 3 aromatic rings. The highest BCUT2D eigenvalue weighted by molar-refractivity contribution is 7.12. The molecule has 4 rings (SSSR count). The van der Waals surface area contributed by atoms with Gasteiger partial charge in [0.2, 0.25) is 0 Å². The summed E-state index contributed by atoms with van der Waals surface area (Å²) >= 11 is 1.67. The Hall–Kier alpha value is -2.02. The van der Waals surface area contributed by atoms with Crippen LogP contribution in [0.5, 0.6) is 0 Å². The molecule has 154 valence electrons. The SMILES string of the molecule is CN(Cc1cccn1-c1nccs1)C[C@H]1CCCN(CCc2ccc(F)cc2)C1. The Morgan fingerprint density at radius 2 is 2.10 bits per heavy atom. The number of halogens is 1. The van der Waals surface area contributed by atoms with Gasteiger partial charge in [-0.05, 0) is 68.6 Å². The number of benzene rings is 1. The van der Waals surface area contributed by atoms with Gasteiger partial charge >= 0.3 is 0 Å². The van der Waals surface area contributed by atoms with Crippen LogP contribution in [-0.4, -0.2) is 52.6 Å². The van der Waals surface area contributed by atoms with Crippen molar-refractivity contribution in [2.24, 2.45) is 5.92 Å². The molecule has 0 bridgehead atoms. The zero-order chi connectivity index (χ0) is 20.1. The van der Waals surface area contributed by atoms with E-state index in [2.05, 4.69) is 44.7 Å². The first-order valence-electron chi connectivity index (χ1n) is 10.4. The smallest absolute Gasteiger partial charge is 0.193 e. The molecule has 29 heavy (non-hydrogen) atoms. The monoisotopic (exact) mass is 412 g/mol. The molecule has 0 radical (unpaired) electrons. The maximum Gasteiger partial charge on any atom is 0.193 e. The number of rotatable bonds is 8. The topological polar surface area (TPSA) is 24.3 Å². The van der Waals surface area contributed by atoms with Gasteiger partial charge in [-0.3, -0.25) is 4.57 Å². The number of aromatic nitrogens is 2. The first-order valence-corrected chi connectivity index (χ1v) is 11.3. The minimum absolute atomic E-state index is 0.157. The molecule has 1 saturated heterocycles. The molecule has 0 N–H and O–H groups in total. The van der Waals surface area contributed by atoms with Gasteiger partial charge in [0.05, 0.1) is 0 Å². The van der Waals surface area contributed by atoms with Gasteiger partial charge in [-0.1, -0.05) is 12.1 Å². The van der Waals surface area contributed by atoms with Gasteiger partial charge in [-0.25, -0.2) is 9.37 Å². The van der Waals surface area contributed by atoms with E-state index in [4.69, 9.17) is 0 Å². The normalized spacial score (nSPS) is 17.8. The number of likely N-dealkylation sites (tertiary alicyclic amines) is 1. The van der Waals surface area contributed by atoms with Crippen LogP contribution in [0.25, 0.3) is 5.13 Å². The molecule has 6 heteroatoms. The van der Waals surface area contributed by atoms with Crippen LogP contribution < -0.4 is 0 Å². The second-order valence-electron chi connectivity index (χ2n) is 8.07. The maximum atomic E-state index is 13.1. The van der Waals surface area contributed by atoms with Crippen molar-refractivity contribution < 1.29 is 4.39 Å². The molecule has 4 nitrogen and oxygen atoms in total. The summed E-state index contributed by atoms with van der Waals surface area (Å²) in [7, 11) is 2.22. The summed E-state index contributed by atoms with van der Waals surface area (Å²) < 4.78 is 15.3. The third-order valence-corrected chi connectivity index (χ3v) is 6.46. The lowest BCUT2D eigenvalue weighted by molar-refractivity contribution is 0.141. The molecule has 1 aromatic carbocycles. The summed E-state index contributed by atoms with van der Waals surface area (Å²) in [6.07, 6.45) is 7.50. The molecule has 2 aromatic heterocycles. The minimum Gasteiger partial charge on any atom is -0.303 e. The van der Waals surface area contributed by atoms with Gasteiger partial charge in [0.1, 0.15) is 5.82 Å². The highest BCUT2D eigenvalue weighted by Gasteiger charge is 2.21. The van der Waals surface area contributed by atoms with Gasteiger partial charge in [0.25, 0.3) is 0 Å². The van der Waals surface area contributed by atoms with E-state index in [1.165, 1.54) is 30.6 Å². The van der Waals surface area contributed by atoms with Crippen LogP contribution in [0.3, 0.4) is 0 Å². The predicted octanol–water partition coefficient (Wildman–Crippen LogP) is 4.46. The number of hydrogen-bond donors (Lipinski definition) is 0. The molecule has 0 spiro atoms. The molecule has 0 saturated carbocycles. The lowest BCUT2D eigenvalue weighted by atomic mass is 9.97. The average Bonchev–Trinajstić information content (AvgIpc) is 3.39. The first-order chi connectivity index (χ1) is 14.2. The number of piperidine rings is 1. The first kappa shape index (κ1) is 20.3. The Labute approximate surface area is 176 Å². The molecule has 1 atom stereocenters. The van der Waals surface area contributed by atoms with Crippen molar-refractivity contribution in [1.29, 1.82) is 0 Å². The summed E-state index contributed by atoms with van der Waals surface area (Å²) in [6, 6.07) is 11.2. The van der Waals surface area contributed by atoms with Crippen molar-refractivity contribution in [2.45, 2.75) is 25.8 Å². The van der Waals surface area contributed by atoms with Crippen molar-refractivity contribution >= 4 is 11.3 Å². The van der Waals surface area contributed by atoms with E-state index in [1.54, 1.807) is 23.5 Å². The van der Waals surface area contributed by atoms with Crippen LogP contribution in [0.15, 0.2) is 54.2 Å². The molecular weight excluding hydrogens is 383 g/mol. The van der Waals surface area contributed by atoms with Crippen LogP contribution in [0, 0.1) is 11.7 Å². The van der Waals surface area contributed by atoms with E-state index in [0.717, 1.165) is 37.7 Å². The van der Waals surface area contributed by atoms with E-state index in [0.29, 0.717) is 5.92 Å². The summed E-state index contributed by atoms with van der Waals surface area (Å²) in [5.41, 5.74) is 2.50. The molecule has 0 amide bonds. The van der Waals surface area contributed by atoms with Crippen molar-refractivity contribution in [2.75, 3.05) is 33.2 Å². The predicted molar refractivity (Wildman–Crippen MR) is 117 cm³/mol. The van der Waals surface area contributed by atoms with Crippen LogP contribution in [0.2, 0.25) is 0 Å². The Morgan fingerprint density at radius 3 is 2.90 bits per heavy atom. The Kier molecular flexibility index (Phi) is 6.74. The standard InChI is InChI=1S/C23H29FN4S/c1-26(18-22-5-3-13-28(22)23-25-11-15-29-23)16-20-4-2-12-27(17-20)14-10-19-6-8-21(24)9-7-19/h3,5-9,11,13,15,20H,2,4,10,12,14,16-18H2,1H3/t20-/m1/s1. The average molecular weight is 413 g/mol. The molecule has 3 heterocycles. The maximum absolute atomic E-state index is 13.1. The molecule has 0 aliphatic carbocycles. The van der Waals surface area contributed by atoms with E-state index in [1.807, 2.05) is 23.7 Å². The third-order valence-electron chi connectivity index (χ3n) is 5.69. The second kappa shape index (κ2) is 9.65. The molecule has 1 aliphatic heterocycles. The summed E-state index contributed by atoms with van der Waals surface area (Å²) in [4.78, 5) is 9.45. The zero-order valence-corrected chi connectivity index (χ0v) is 17.8. The Bertz CT molecular complexity index is 875. The number of thiazole rings is 1. The Balaban J connectivity index is 1.27. The highest BCUT2D eigenvalue weighted by atomic mass is 32.1. The largest absolute Gasteiger partial charge is 0.303 e. The number of hydrogen-bond acceptors (Lipinski definition) is 4. The highest BCUT2D eigenvalue weighted by Crippen LogP contribution is 2.20. The zero-order valence-electron chi connectivity index (χ0n) is 17.0. The lowest BCUT2D eigenvalue weighted by Crippen LogP contribution is -2.40. The van der Waals surface area contributed by atoms with Crippen molar-refractivity contribution in [3.8, 4) is 5.13 Å².